The molecule has 0 aromatic carbocycles. The Morgan fingerprint density at radius 1 is 1.45 bits per heavy atom. The summed E-state index contributed by atoms with van der Waals surface area (Å²) in [6.45, 7) is 2.21. The van der Waals surface area contributed by atoms with Gasteiger partial charge in [0.25, 0.3) is 0 Å². The highest BCUT2D eigenvalue weighted by Gasteiger charge is 1.95. The molecule has 0 bridgehead atoms. The van der Waals surface area contributed by atoms with Crippen molar-refractivity contribution in [2.24, 2.45) is 0 Å². The van der Waals surface area contributed by atoms with Gasteiger partial charge in [-0.1, -0.05) is 31.3 Å². The van der Waals surface area contributed by atoms with Gasteiger partial charge in [-0.3, -0.25) is 0 Å². The molecule has 0 fully saturated rings. The van der Waals surface area contributed by atoms with E-state index in [2.05, 4.69) is 18.3 Å². The van der Waals surface area contributed by atoms with Crippen molar-refractivity contribution >= 4 is 0 Å². The second-order valence-electron chi connectivity index (χ2n) is 2.73. The summed E-state index contributed by atoms with van der Waals surface area (Å²) >= 11 is 0. The largest absolute Gasteiger partial charge is 0.361 e. The maximum atomic E-state index is 4.91. The monoisotopic (exact) mass is 152 g/mol. The number of unbranched alkanes of at least 4 members (excludes halogenated alkanes) is 3. The molecule has 1 aromatic rings. The van der Waals surface area contributed by atoms with Gasteiger partial charge in [-0.15, -0.1) is 0 Å². The molecular weight excluding hydrogens is 138 g/mol. The van der Waals surface area contributed by atoms with Crippen molar-refractivity contribution < 1.29 is 4.52 Å². The quantitative estimate of drug-likeness (QED) is 0.606. The molecule has 0 spiro atoms. The van der Waals surface area contributed by atoms with Crippen LogP contribution in [-0.2, 0) is 6.42 Å². The fourth-order valence-corrected chi connectivity index (χ4v) is 1.05. The Balaban J connectivity index is 2.04. The van der Waals surface area contributed by atoms with E-state index in [4.69, 9.17) is 4.52 Å². The first-order valence-corrected chi connectivity index (χ1v) is 4.25. The van der Waals surface area contributed by atoms with E-state index in [1.807, 2.05) is 6.07 Å². The van der Waals surface area contributed by atoms with Crippen molar-refractivity contribution in [1.82, 2.24) is 5.16 Å². The van der Waals surface area contributed by atoms with Gasteiger partial charge in [0.1, 0.15) is 12.0 Å². The molecule has 0 aliphatic rings. The molecule has 1 aromatic heterocycles. The van der Waals surface area contributed by atoms with Crippen LogP contribution < -0.4 is 0 Å². The first-order valence-electron chi connectivity index (χ1n) is 4.25. The molecule has 0 unspecified atom stereocenters. The molecule has 0 aliphatic heterocycles. The lowest BCUT2D eigenvalue weighted by Crippen LogP contribution is -1.81. The Morgan fingerprint density at radius 3 is 3.00 bits per heavy atom. The van der Waals surface area contributed by atoms with Gasteiger partial charge in [0.05, 0.1) is 0 Å². The Hall–Kier alpha value is -0.790. The summed E-state index contributed by atoms with van der Waals surface area (Å²) in [5, 5.41) is 3.52. The highest BCUT2D eigenvalue weighted by molar-refractivity contribution is 4.91. The molecule has 0 aliphatic carbocycles. The molecular formula is C9H14NO. The maximum absolute atomic E-state index is 4.91. The average Bonchev–Trinajstić information content (AvgIpc) is 2.50. The number of hydrogen-bond donors (Lipinski definition) is 0. The molecule has 0 saturated heterocycles. The molecule has 11 heavy (non-hydrogen) atoms. The zero-order valence-corrected chi connectivity index (χ0v) is 6.97. The number of nitrogens with zero attached hydrogens (tertiary/aromatic N) is 1. The van der Waals surface area contributed by atoms with Gasteiger partial charge >= 0.3 is 0 Å². The van der Waals surface area contributed by atoms with Gasteiger partial charge in [-0.05, 0) is 6.42 Å². The number of aromatic nitrogens is 1. The highest BCUT2D eigenvalue weighted by Crippen LogP contribution is 2.05. The maximum Gasteiger partial charge on any atom is 0.137 e. The van der Waals surface area contributed by atoms with E-state index in [9.17, 15) is 0 Å². The van der Waals surface area contributed by atoms with E-state index < -0.39 is 0 Å². The topological polar surface area (TPSA) is 26.0 Å². The smallest absolute Gasteiger partial charge is 0.137 e. The predicted molar refractivity (Wildman–Crippen MR) is 43.2 cm³/mol. The first kappa shape index (κ1) is 8.31. The third kappa shape index (κ3) is 3.21. The summed E-state index contributed by atoms with van der Waals surface area (Å²) < 4.78 is 4.91. The van der Waals surface area contributed by atoms with Crippen molar-refractivity contribution in [1.29, 1.82) is 0 Å². The van der Waals surface area contributed by atoms with Gasteiger partial charge in [0.2, 0.25) is 0 Å². The summed E-state index contributed by atoms with van der Waals surface area (Å²) in [6.07, 6.45) is 8.76. The minimum atomic E-state index is 0.959. The standard InChI is InChI=1S/C9H14NO/c1-2-3-4-5-6-9-7-8-10-11-9/h7H,2-6H2,1H3. The molecule has 61 valence electrons. The predicted octanol–water partition coefficient (Wildman–Crippen LogP) is 2.60. The number of hydrogen-bond acceptors (Lipinski definition) is 2. The van der Waals surface area contributed by atoms with Gasteiger partial charge in [0.15, 0.2) is 0 Å². The van der Waals surface area contributed by atoms with E-state index in [1.54, 1.807) is 0 Å². The van der Waals surface area contributed by atoms with Crippen LogP contribution in [0.5, 0.6) is 0 Å². The minimum Gasteiger partial charge on any atom is -0.361 e. The third-order valence-electron chi connectivity index (χ3n) is 1.72. The Kier molecular flexibility index (Phi) is 3.73. The SMILES string of the molecule is CCCCCCc1c[c]no1. The summed E-state index contributed by atoms with van der Waals surface area (Å²) in [4.78, 5) is 0. The lowest BCUT2D eigenvalue weighted by Gasteiger charge is -1.94. The van der Waals surface area contributed by atoms with Crippen molar-refractivity contribution in [3.05, 3.63) is 18.0 Å². The number of rotatable bonds is 5. The highest BCUT2D eigenvalue weighted by atomic mass is 16.5. The average molecular weight is 152 g/mol. The van der Waals surface area contributed by atoms with Crippen molar-refractivity contribution in [3.63, 3.8) is 0 Å². The van der Waals surface area contributed by atoms with Gasteiger partial charge in [-0.2, -0.15) is 0 Å². The van der Waals surface area contributed by atoms with Crippen molar-refractivity contribution in [2.45, 2.75) is 39.0 Å². The molecule has 1 heterocycles. The fourth-order valence-electron chi connectivity index (χ4n) is 1.05. The summed E-state index contributed by atoms with van der Waals surface area (Å²) in [5.41, 5.74) is 0. The first-order chi connectivity index (χ1) is 5.43. The Morgan fingerprint density at radius 2 is 2.36 bits per heavy atom. The van der Waals surface area contributed by atoms with E-state index in [0.717, 1.165) is 12.2 Å². The summed E-state index contributed by atoms with van der Waals surface area (Å²) in [5.74, 6) is 0.959. The zero-order chi connectivity index (χ0) is 7.94. The van der Waals surface area contributed by atoms with Crippen LogP contribution in [0.1, 0.15) is 38.4 Å². The van der Waals surface area contributed by atoms with Crippen LogP contribution in [0.25, 0.3) is 0 Å². The van der Waals surface area contributed by atoms with Crippen LogP contribution in [0, 0.1) is 6.20 Å². The van der Waals surface area contributed by atoms with Crippen LogP contribution in [-0.4, -0.2) is 5.16 Å². The van der Waals surface area contributed by atoms with E-state index in [0.29, 0.717) is 0 Å². The van der Waals surface area contributed by atoms with E-state index >= 15 is 0 Å². The normalized spacial score (nSPS) is 10.3. The van der Waals surface area contributed by atoms with E-state index in [1.165, 1.54) is 25.7 Å². The summed E-state index contributed by atoms with van der Waals surface area (Å²) in [7, 11) is 0. The molecule has 2 heteroatoms. The van der Waals surface area contributed by atoms with Gasteiger partial charge < -0.3 is 4.52 Å². The van der Waals surface area contributed by atoms with Crippen molar-refractivity contribution in [2.75, 3.05) is 0 Å². The van der Waals surface area contributed by atoms with Crippen LogP contribution in [0.2, 0.25) is 0 Å². The third-order valence-corrected chi connectivity index (χ3v) is 1.72. The molecule has 2 nitrogen and oxygen atoms in total. The minimum absolute atomic E-state index is 0.959. The Bertz CT molecular complexity index is 170. The van der Waals surface area contributed by atoms with Crippen LogP contribution in [0.3, 0.4) is 0 Å². The van der Waals surface area contributed by atoms with Gasteiger partial charge in [0, 0.05) is 12.5 Å². The molecule has 1 rings (SSSR count). The van der Waals surface area contributed by atoms with Crippen molar-refractivity contribution in [3.8, 4) is 0 Å². The zero-order valence-electron chi connectivity index (χ0n) is 6.97. The van der Waals surface area contributed by atoms with E-state index in [-0.39, 0.29) is 0 Å². The molecule has 0 saturated carbocycles. The molecule has 1 radical (unpaired) electrons. The number of aryl methyl sites for hydroxylation is 1. The molecule has 0 atom stereocenters. The second kappa shape index (κ2) is 4.94. The van der Waals surface area contributed by atoms with Gasteiger partial charge in [-0.25, -0.2) is 0 Å². The fraction of sp³-hybridized carbons (Fsp3) is 0.667. The van der Waals surface area contributed by atoms with Crippen LogP contribution in [0.15, 0.2) is 10.6 Å². The van der Waals surface area contributed by atoms with Crippen LogP contribution >= 0.6 is 0 Å². The molecule has 0 N–H and O–H groups in total. The second-order valence-corrected chi connectivity index (χ2v) is 2.73. The molecule has 0 amide bonds. The Labute approximate surface area is 67.6 Å². The lowest BCUT2D eigenvalue weighted by molar-refractivity contribution is 0.377. The summed E-state index contributed by atoms with van der Waals surface area (Å²) in [6, 6.07) is 1.81. The van der Waals surface area contributed by atoms with Crippen LogP contribution in [0.4, 0.5) is 0 Å². The lowest BCUT2D eigenvalue weighted by atomic mass is 10.1.